The fourth-order valence-electron chi connectivity index (χ4n) is 1.83. The lowest BCUT2D eigenvalue weighted by atomic mass is 10.1. The third-order valence-electron chi connectivity index (χ3n) is 2.90. The van der Waals surface area contributed by atoms with Crippen molar-refractivity contribution in [3.8, 4) is 0 Å². The maximum absolute atomic E-state index is 10.6. The van der Waals surface area contributed by atoms with E-state index in [1.807, 2.05) is 24.3 Å². The van der Waals surface area contributed by atoms with Gasteiger partial charge in [-0.25, -0.2) is 0 Å². The molecule has 94 valence electrons. The Morgan fingerprint density at radius 3 is 2.18 bits per heavy atom. The van der Waals surface area contributed by atoms with Crippen molar-refractivity contribution in [1.29, 1.82) is 0 Å². The molecule has 0 aromatic heterocycles. The second kappa shape index (κ2) is 6.40. The normalized spacial score (nSPS) is 11.1. The summed E-state index contributed by atoms with van der Waals surface area (Å²) in [5, 5.41) is 8.68. The van der Waals surface area contributed by atoms with Gasteiger partial charge in [-0.2, -0.15) is 0 Å². The van der Waals surface area contributed by atoms with Gasteiger partial charge in [-0.15, -0.1) is 0 Å². The summed E-state index contributed by atoms with van der Waals surface area (Å²) < 4.78 is 0. The Hall–Kier alpha value is -1.35. The van der Waals surface area contributed by atoms with Crippen LogP contribution in [0.4, 0.5) is 0 Å². The van der Waals surface area contributed by atoms with Crippen LogP contribution in [0.15, 0.2) is 24.3 Å². The third kappa shape index (κ3) is 4.57. The molecule has 1 rings (SSSR count). The van der Waals surface area contributed by atoms with Crippen LogP contribution in [0, 0.1) is 0 Å². The van der Waals surface area contributed by atoms with E-state index in [4.69, 9.17) is 5.11 Å². The summed E-state index contributed by atoms with van der Waals surface area (Å²) in [5.41, 5.74) is 2.09. The summed E-state index contributed by atoms with van der Waals surface area (Å²) in [6, 6.07) is 8.36. The number of carboxylic acid groups (broad SMARTS) is 1. The maximum atomic E-state index is 10.6. The minimum Gasteiger partial charge on any atom is -0.481 e. The largest absolute Gasteiger partial charge is 0.481 e. The zero-order chi connectivity index (χ0) is 12.8. The minimum atomic E-state index is -0.782. The quantitative estimate of drug-likeness (QED) is 0.823. The molecular formula is C14H21NO2. The Kier molecular flexibility index (Phi) is 5.16. The van der Waals surface area contributed by atoms with Crippen molar-refractivity contribution in [1.82, 2.24) is 4.90 Å². The van der Waals surface area contributed by atoms with E-state index in [-0.39, 0.29) is 6.42 Å². The molecule has 0 unspecified atom stereocenters. The third-order valence-corrected chi connectivity index (χ3v) is 2.90. The lowest BCUT2D eigenvalue weighted by Crippen LogP contribution is -2.29. The summed E-state index contributed by atoms with van der Waals surface area (Å²) in [4.78, 5) is 12.9. The van der Waals surface area contributed by atoms with E-state index in [0.29, 0.717) is 6.04 Å². The zero-order valence-electron chi connectivity index (χ0n) is 10.8. The van der Waals surface area contributed by atoms with E-state index >= 15 is 0 Å². The fourth-order valence-corrected chi connectivity index (χ4v) is 1.83. The molecule has 0 spiro atoms. The van der Waals surface area contributed by atoms with Gasteiger partial charge in [-0.3, -0.25) is 9.69 Å². The number of hydrogen-bond acceptors (Lipinski definition) is 2. The van der Waals surface area contributed by atoms with Crippen molar-refractivity contribution < 1.29 is 9.90 Å². The van der Waals surface area contributed by atoms with Gasteiger partial charge in [0.25, 0.3) is 0 Å². The van der Waals surface area contributed by atoms with Crippen molar-refractivity contribution >= 4 is 5.97 Å². The van der Waals surface area contributed by atoms with Gasteiger partial charge < -0.3 is 5.11 Å². The highest BCUT2D eigenvalue weighted by Crippen LogP contribution is 2.10. The van der Waals surface area contributed by atoms with E-state index in [0.717, 1.165) is 18.7 Å². The second-order valence-corrected chi connectivity index (χ2v) is 4.54. The zero-order valence-corrected chi connectivity index (χ0v) is 10.8. The molecule has 0 fully saturated rings. The Labute approximate surface area is 103 Å². The first-order chi connectivity index (χ1) is 8.02. The molecule has 0 bridgehead atoms. The minimum absolute atomic E-state index is 0.0992. The van der Waals surface area contributed by atoms with Crippen LogP contribution in [0.2, 0.25) is 0 Å². The van der Waals surface area contributed by atoms with Gasteiger partial charge in [0.05, 0.1) is 6.42 Å². The highest BCUT2D eigenvalue weighted by atomic mass is 16.4. The topological polar surface area (TPSA) is 40.5 Å². The van der Waals surface area contributed by atoms with E-state index < -0.39 is 5.97 Å². The molecule has 0 radical (unpaired) electrons. The van der Waals surface area contributed by atoms with Crippen molar-refractivity contribution in [3.05, 3.63) is 35.4 Å². The molecule has 1 aromatic rings. The maximum Gasteiger partial charge on any atom is 0.307 e. The fraction of sp³-hybridized carbons (Fsp3) is 0.500. The number of hydrogen-bond donors (Lipinski definition) is 1. The molecule has 3 nitrogen and oxygen atoms in total. The molecular weight excluding hydrogens is 214 g/mol. The smallest absolute Gasteiger partial charge is 0.307 e. The number of carboxylic acids is 1. The molecule has 0 aliphatic carbocycles. The van der Waals surface area contributed by atoms with Crippen LogP contribution in [0.5, 0.6) is 0 Å². The summed E-state index contributed by atoms with van der Waals surface area (Å²) in [6.45, 7) is 8.46. The number of carbonyl (C=O) groups is 1. The molecule has 0 saturated heterocycles. The predicted octanol–water partition coefficient (Wildman–Crippen LogP) is 2.54. The number of rotatable bonds is 6. The van der Waals surface area contributed by atoms with Crippen LogP contribution < -0.4 is 0 Å². The monoisotopic (exact) mass is 235 g/mol. The lowest BCUT2D eigenvalue weighted by molar-refractivity contribution is -0.136. The summed E-state index contributed by atoms with van der Waals surface area (Å²) >= 11 is 0. The van der Waals surface area contributed by atoms with Crippen LogP contribution >= 0.6 is 0 Å². The predicted molar refractivity (Wildman–Crippen MR) is 69.0 cm³/mol. The Morgan fingerprint density at radius 2 is 1.76 bits per heavy atom. The van der Waals surface area contributed by atoms with E-state index in [2.05, 4.69) is 25.7 Å². The molecule has 1 aromatic carbocycles. The number of benzene rings is 1. The standard InChI is InChI=1S/C14H21NO2/c1-4-15(11(2)3)10-13-7-5-12(6-8-13)9-14(16)17/h5-8,11H,4,9-10H2,1-3H3,(H,16,17). The van der Waals surface area contributed by atoms with Gasteiger partial charge in [0, 0.05) is 12.6 Å². The SMILES string of the molecule is CCN(Cc1ccc(CC(=O)O)cc1)C(C)C. The summed E-state index contributed by atoms with van der Waals surface area (Å²) in [6.07, 6.45) is 0.0992. The van der Waals surface area contributed by atoms with Crippen molar-refractivity contribution in [2.75, 3.05) is 6.54 Å². The van der Waals surface area contributed by atoms with Crippen LogP contribution in [0.3, 0.4) is 0 Å². The number of aliphatic carboxylic acids is 1. The van der Waals surface area contributed by atoms with Crippen LogP contribution in [-0.2, 0) is 17.8 Å². The molecule has 1 N–H and O–H groups in total. The highest BCUT2D eigenvalue weighted by Gasteiger charge is 2.07. The Balaban J connectivity index is 2.64. The van der Waals surface area contributed by atoms with Crippen molar-refractivity contribution in [2.24, 2.45) is 0 Å². The van der Waals surface area contributed by atoms with Gasteiger partial charge in [0.1, 0.15) is 0 Å². The van der Waals surface area contributed by atoms with Gasteiger partial charge in [-0.05, 0) is 31.5 Å². The highest BCUT2D eigenvalue weighted by molar-refractivity contribution is 5.70. The van der Waals surface area contributed by atoms with E-state index in [9.17, 15) is 4.79 Å². The lowest BCUT2D eigenvalue weighted by Gasteiger charge is -2.24. The van der Waals surface area contributed by atoms with Gasteiger partial charge >= 0.3 is 5.97 Å². The summed E-state index contributed by atoms with van der Waals surface area (Å²) in [7, 11) is 0. The van der Waals surface area contributed by atoms with E-state index in [1.54, 1.807) is 0 Å². The van der Waals surface area contributed by atoms with Crippen LogP contribution in [0.25, 0.3) is 0 Å². The Morgan fingerprint density at radius 1 is 1.24 bits per heavy atom. The molecule has 0 atom stereocenters. The first-order valence-corrected chi connectivity index (χ1v) is 6.06. The van der Waals surface area contributed by atoms with Crippen molar-refractivity contribution in [2.45, 2.75) is 39.8 Å². The molecule has 0 aliphatic heterocycles. The average molecular weight is 235 g/mol. The van der Waals surface area contributed by atoms with Crippen molar-refractivity contribution in [3.63, 3.8) is 0 Å². The molecule has 0 aliphatic rings. The van der Waals surface area contributed by atoms with E-state index in [1.165, 1.54) is 5.56 Å². The number of nitrogens with zero attached hydrogens (tertiary/aromatic N) is 1. The average Bonchev–Trinajstić information content (AvgIpc) is 2.26. The van der Waals surface area contributed by atoms with Crippen LogP contribution in [0.1, 0.15) is 31.9 Å². The first-order valence-electron chi connectivity index (χ1n) is 6.06. The van der Waals surface area contributed by atoms with Gasteiger partial charge in [0.15, 0.2) is 0 Å². The molecule has 0 heterocycles. The molecule has 3 heteroatoms. The molecule has 0 amide bonds. The second-order valence-electron chi connectivity index (χ2n) is 4.54. The molecule has 0 saturated carbocycles. The first kappa shape index (κ1) is 13.7. The Bertz CT molecular complexity index is 357. The molecule has 17 heavy (non-hydrogen) atoms. The van der Waals surface area contributed by atoms with Gasteiger partial charge in [0.2, 0.25) is 0 Å². The summed E-state index contributed by atoms with van der Waals surface area (Å²) in [5.74, 6) is -0.782. The van der Waals surface area contributed by atoms with Crippen LogP contribution in [-0.4, -0.2) is 28.6 Å². The van der Waals surface area contributed by atoms with Gasteiger partial charge in [-0.1, -0.05) is 31.2 Å².